The van der Waals surface area contributed by atoms with Crippen molar-refractivity contribution in [2.24, 2.45) is 4.40 Å². The van der Waals surface area contributed by atoms with E-state index in [2.05, 4.69) is 4.40 Å². The lowest BCUT2D eigenvalue weighted by molar-refractivity contribution is 0.651. The summed E-state index contributed by atoms with van der Waals surface area (Å²) in [4.78, 5) is 0. The molecule has 4 heteroatoms. The largest absolute Gasteiger partial charge is 0.234 e. The molecule has 0 aromatic rings. The molecule has 0 bridgehead atoms. The fraction of sp³-hybridized carbons (Fsp3) is 0.833. The molecule has 0 saturated carbocycles. The van der Waals surface area contributed by atoms with Gasteiger partial charge in [-0.2, -0.15) is 4.40 Å². The van der Waals surface area contributed by atoms with Crippen LogP contribution in [-0.2, 0) is 11.0 Å². The van der Waals surface area contributed by atoms with Gasteiger partial charge in [0.05, 0.1) is 10.6 Å². The third-order valence-electron chi connectivity index (χ3n) is 0.763. The summed E-state index contributed by atoms with van der Waals surface area (Å²) in [7, 11) is -1.15. The number of alkyl halides is 1. The van der Waals surface area contributed by atoms with Gasteiger partial charge < -0.3 is 0 Å². The van der Waals surface area contributed by atoms with Gasteiger partial charge >= 0.3 is 0 Å². The van der Waals surface area contributed by atoms with Crippen LogP contribution in [0.1, 0.15) is 20.8 Å². The summed E-state index contributed by atoms with van der Waals surface area (Å²) < 4.78 is 14.5. The van der Waals surface area contributed by atoms with E-state index in [0.717, 1.165) is 0 Å². The average molecular weight is 182 g/mol. The first-order valence-corrected chi connectivity index (χ1v) is 4.63. The topological polar surface area (TPSA) is 29.4 Å². The molecule has 0 saturated heterocycles. The maximum atomic E-state index is 11.1. The Morgan fingerprint density at radius 3 is 2.40 bits per heavy atom. The highest BCUT2D eigenvalue weighted by Gasteiger charge is 2.17. The SMILES string of the molecule is CC(C)(C)S(=O)N=CCCl. The van der Waals surface area contributed by atoms with Crippen molar-refractivity contribution < 1.29 is 4.21 Å². The van der Waals surface area contributed by atoms with Crippen LogP contribution in [0.25, 0.3) is 0 Å². The molecule has 0 aliphatic heterocycles. The molecule has 0 N–H and O–H groups in total. The summed E-state index contributed by atoms with van der Waals surface area (Å²) in [6.07, 6.45) is 1.46. The molecule has 0 aliphatic carbocycles. The monoisotopic (exact) mass is 181 g/mol. The lowest BCUT2D eigenvalue weighted by atomic mass is 10.3. The van der Waals surface area contributed by atoms with Gasteiger partial charge in [0, 0.05) is 6.21 Å². The molecule has 60 valence electrons. The summed E-state index contributed by atoms with van der Waals surface area (Å²) in [6.45, 7) is 5.61. The normalized spacial score (nSPS) is 16.0. The van der Waals surface area contributed by atoms with Crippen molar-refractivity contribution in [3.8, 4) is 0 Å². The molecule has 0 aliphatic rings. The molecule has 0 heterocycles. The van der Waals surface area contributed by atoms with Crippen LogP contribution in [0.5, 0.6) is 0 Å². The highest BCUT2D eigenvalue weighted by atomic mass is 35.5. The number of hydrogen-bond acceptors (Lipinski definition) is 1. The lowest BCUT2D eigenvalue weighted by Crippen LogP contribution is -2.19. The van der Waals surface area contributed by atoms with Crippen molar-refractivity contribution in [1.82, 2.24) is 0 Å². The van der Waals surface area contributed by atoms with Crippen LogP contribution < -0.4 is 0 Å². The zero-order valence-corrected chi connectivity index (χ0v) is 8.00. The van der Waals surface area contributed by atoms with E-state index in [1.165, 1.54) is 6.21 Å². The lowest BCUT2D eigenvalue weighted by Gasteiger charge is -2.12. The van der Waals surface area contributed by atoms with Gasteiger partial charge in [-0.05, 0) is 20.8 Å². The van der Waals surface area contributed by atoms with E-state index < -0.39 is 11.0 Å². The molecule has 2 nitrogen and oxygen atoms in total. The molecule has 0 radical (unpaired) electrons. The predicted molar refractivity (Wildman–Crippen MR) is 47.1 cm³/mol. The Labute approximate surface area is 69.3 Å². The Morgan fingerprint density at radius 2 is 2.10 bits per heavy atom. The molecular formula is C6H12ClNOS. The molecule has 10 heavy (non-hydrogen) atoms. The molecule has 1 atom stereocenters. The summed E-state index contributed by atoms with van der Waals surface area (Å²) >= 11 is 5.31. The Kier molecular flexibility index (Phi) is 4.13. The molecule has 1 unspecified atom stereocenters. The molecule has 0 aromatic heterocycles. The zero-order chi connectivity index (χ0) is 8.20. The Hall–Kier alpha value is 0.110. The van der Waals surface area contributed by atoms with Crippen molar-refractivity contribution >= 4 is 28.8 Å². The highest BCUT2D eigenvalue weighted by molar-refractivity contribution is 7.85. The van der Waals surface area contributed by atoms with Gasteiger partial charge in [-0.25, -0.2) is 4.21 Å². The van der Waals surface area contributed by atoms with Crippen LogP contribution in [0.3, 0.4) is 0 Å². The van der Waals surface area contributed by atoms with E-state index in [0.29, 0.717) is 5.88 Å². The second kappa shape index (κ2) is 4.09. The average Bonchev–Trinajstić information content (AvgIpc) is 1.80. The van der Waals surface area contributed by atoms with Crippen LogP contribution in [0.15, 0.2) is 4.40 Å². The molecule has 0 spiro atoms. The standard InChI is InChI=1S/C6H12ClNOS/c1-6(2,3)10(9)8-5-4-7/h5H,4H2,1-3H3. The maximum absolute atomic E-state index is 11.1. The number of nitrogens with zero attached hydrogens (tertiary/aromatic N) is 1. The van der Waals surface area contributed by atoms with Gasteiger partial charge in [-0.1, -0.05) is 0 Å². The third kappa shape index (κ3) is 4.01. The van der Waals surface area contributed by atoms with Crippen molar-refractivity contribution in [1.29, 1.82) is 0 Å². The van der Waals surface area contributed by atoms with E-state index in [1.54, 1.807) is 0 Å². The van der Waals surface area contributed by atoms with E-state index in [1.807, 2.05) is 20.8 Å². The molecule has 0 aromatic carbocycles. The summed E-state index contributed by atoms with van der Waals surface area (Å²) in [6, 6.07) is 0. The Balaban J connectivity index is 3.98. The summed E-state index contributed by atoms with van der Waals surface area (Å²) in [5, 5.41) is 0. The fourth-order valence-electron chi connectivity index (χ4n) is 0.254. The first-order chi connectivity index (χ1) is 4.48. The van der Waals surface area contributed by atoms with E-state index in [4.69, 9.17) is 11.6 Å². The first kappa shape index (κ1) is 10.1. The Morgan fingerprint density at radius 1 is 1.60 bits per heavy atom. The fourth-order valence-corrected chi connectivity index (χ4v) is 0.931. The number of hydrogen-bond donors (Lipinski definition) is 0. The zero-order valence-electron chi connectivity index (χ0n) is 6.43. The van der Waals surface area contributed by atoms with Crippen LogP contribution >= 0.6 is 11.6 Å². The quantitative estimate of drug-likeness (QED) is 0.472. The van der Waals surface area contributed by atoms with Gasteiger partial charge in [0.2, 0.25) is 0 Å². The minimum Gasteiger partial charge on any atom is -0.234 e. The van der Waals surface area contributed by atoms with Gasteiger partial charge in [-0.15, -0.1) is 11.6 Å². The van der Waals surface area contributed by atoms with Crippen LogP contribution in [0.4, 0.5) is 0 Å². The van der Waals surface area contributed by atoms with Crippen molar-refractivity contribution in [3.05, 3.63) is 0 Å². The second-order valence-corrected chi connectivity index (χ2v) is 5.05. The van der Waals surface area contributed by atoms with Gasteiger partial charge in [-0.3, -0.25) is 0 Å². The summed E-state index contributed by atoms with van der Waals surface area (Å²) in [5.74, 6) is 0.321. The van der Waals surface area contributed by atoms with Crippen LogP contribution in [0.2, 0.25) is 0 Å². The molecule has 0 rings (SSSR count). The van der Waals surface area contributed by atoms with Gasteiger partial charge in [0.15, 0.2) is 0 Å². The van der Waals surface area contributed by atoms with Crippen LogP contribution in [-0.4, -0.2) is 21.1 Å². The number of halogens is 1. The summed E-state index contributed by atoms with van der Waals surface area (Å²) in [5.41, 5.74) is 0. The molecule has 0 fully saturated rings. The van der Waals surface area contributed by atoms with Crippen molar-refractivity contribution in [3.63, 3.8) is 0 Å². The second-order valence-electron chi connectivity index (χ2n) is 2.80. The van der Waals surface area contributed by atoms with Gasteiger partial charge in [0.1, 0.15) is 11.0 Å². The number of rotatable bonds is 2. The molecular weight excluding hydrogens is 170 g/mol. The minimum absolute atomic E-state index is 0.275. The molecule has 0 amide bonds. The van der Waals surface area contributed by atoms with Crippen LogP contribution in [0, 0.1) is 0 Å². The first-order valence-electron chi connectivity index (χ1n) is 2.99. The van der Waals surface area contributed by atoms with Gasteiger partial charge in [0.25, 0.3) is 0 Å². The maximum Gasteiger partial charge on any atom is 0.144 e. The van der Waals surface area contributed by atoms with E-state index in [-0.39, 0.29) is 4.75 Å². The van der Waals surface area contributed by atoms with Crippen molar-refractivity contribution in [2.75, 3.05) is 5.88 Å². The van der Waals surface area contributed by atoms with Crippen molar-refractivity contribution in [2.45, 2.75) is 25.5 Å². The van der Waals surface area contributed by atoms with E-state index in [9.17, 15) is 4.21 Å². The smallest absolute Gasteiger partial charge is 0.144 e. The predicted octanol–water partition coefficient (Wildman–Crippen LogP) is 1.76. The van der Waals surface area contributed by atoms with E-state index >= 15 is 0 Å². The Bertz CT molecular complexity index is 150. The third-order valence-corrected chi connectivity index (χ3v) is 2.29. The minimum atomic E-state index is -1.15. The highest BCUT2D eigenvalue weighted by Crippen LogP contribution is 2.11.